The van der Waals surface area contributed by atoms with Crippen LogP contribution in [0, 0.1) is 0 Å². The molecule has 2 atom stereocenters. The van der Waals surface area contributed by atoms with E-state index in [1.165, 1.54) is 95.4 Å². The summed E-state index contributed by atoms with van der Waals surface area (Å²) in [4.78, 5) is 0. The van der Waals surface area contributed by atoms with Gasteiger partial charge in [0.15, 0.2) is 0 Å². The van der Waals surface area contributed by atoms with Crippen molar-refractivity contribution in [1.29, 1.82) is 0 Å². The van der Waals surface area contributed by atoms with Crippen LogP contribution in [0.15, 0.2) is 109 Å². The summed E-state index contributed by atoms with van der Waals surface area (Å²) in [5.74, 6) is 0. The molecule has 4 aliphatic rings. The number of fused-ring (bicyclic) bond motifs is 8. The molecule has 0 amide bonds. The fourth-order valence-corrected chi connectivity index (χ4v) is 17.9. The molecule has 0 fully saturated rings. The Morgan fingerprint density at radius 3 is 1.36 bits per heavy atom. The van der Waals surface area contributed by atoms with E-state index in [0.717, 1.165) is 0 Å². The maximum atomic E-state index is 2.90. The number of aromatic nitrogens is 2. The minimum Gasteiger partial charge on any atom is -0.147 e. The summed E-state index contributed by atoms with van der Waals surface area (Å²) in [5, 5.41) is 2.96. The molecule has 0 N–H and O–H groups in total. The van der Waals surface area contributed by atoms with Gasteiger partial charge < -0.3 is 0 Å². The molecule has 2 heterocycles. The van der Waals surface area contributed by atoms with Crippen molar-refractivity contribution < 1.29 is 22.9 Å². The smallest absolute Gasteiger partial charge is 0.147 e. The van der Waals surface area contributed by atoms with Crippen molar-refractivity contribution >= 4 is 58.8 Å². The zero-order valence-electron chi connectivity index (χ0n) is 26.4. The van der Waals surface area contributed by atoms with Crippen molar-refractivity contribution in [2.75, 3.05) is 0 Å². The van der Waals surface area contributed by atoms with E-state index in [1.54, 1.807) is 22.5 Å². The van der Waals surface area contributed by atoms with Gasteiger partial charge in [0.2, 0.25) is 0 Å². The summed E-state index contributed by atoms with van der Waals surface area (Å²) >= 11 is -1.90. The summed E-state index contributed by atoms with van der Waals surface area (Å²) < 4.78 is 5.51. The van der Waals surface area contributed by atoms with Crippen LogP contribution in [-0.2, 0) is 55.2 Å². The molecule has 0 radical (unpaired) electrons. The van der Waals surface area contributed by atoms with E-state index in [0.29, 0.717) is 0 Å². The Balaban J connectivity index is 0.00000162. The number of hydrogen-bond acceptors (Lipinski definition) is 0. The van der Waals surface area contributed by atoms with Crippen LogP contribution >= 0.6 is 24.8 Å². The van der Waals surface area contributed by atoms with Gasteiger partial charge in [-0.05, 0) is 0 Å². The third kappa shape index (κ3) is 4.32. The number of halogens is 2. The molecule has 5 heteroatoms. The second-order valence-electron chi connectivity index (χ2n) is 13.5. The van der Waals surface area contributed by atoms with Crippen molar-refractivity contribution in [3.05, 3.63) is 154 Å². The van der Waals surface area contributed by atoms with Gasteiger partial charge in [0.25, 0.3) is 0 Å². The van der Waals surface area contributed by atoms with Crippen LogP contribution in [0.2, 0.25) is 0 Å². The average Bonchev–Trinajstić information content (AvgIpc) is 3.84. The summed E-state index contributed by atoms with van der Waals surface area (Å²) in [6, 6.07) is 37.4. The minimum absolute atomic E-state index is 0. The van der Waals surface area contributed by atoms with Gasteiger partial charge in [-0.1, -0.05) is 0 Å². The molecule has 0 spiro atoms. The Kier molecular flexibility index (Phi) is 7.82. The zero-order valence-corrected chi connectivity index (χ0v) is 31.6. The van der Waals surface area contributed by atoms with Crippen LogP contribution in [0.3, 0.4) is 0 Å². The molecule has 2 aromatic heterocycles. The molecule has 0 bridgehead atoms. The normalized spacial score (nSPS) is 21.9. The van der Waals surface area contributed by atoms with Crippen LogP contribution in [-0.4, -0.2) is 9.13 Å². The number of allylic oxidation sites excluding steroid dienone is 2. The van der Waals surface area contributed by atoms with Crippen LogP contribution in [0.4, 0.5) is 0 Å². The molecule has 0 saturated carbocycles. The first-order chi connectivity index (χ1) is 22.3. The molecule has 0 aliphatic heterocycles. The minimum atomic E-state index is -1.90. The zero-order chi connectivity index (χ0) is 29.6. The van der Waals surface area contributed by atoms with Crippen LogP contribution in [0.25, 0.3) is 34.0 Å². The van der Waals surface area contributed by atoms with E-state index < -0.39 is 22.9 Å². The molecule has 0 saturated heterocycles. The molecular formula is C42H38Cl2HfN2. The number of benzene rings is 4. The van der Waals surface area contributed by atoms with Gasteiger partial charge in [0.05, 0.1) is 0 Å². The van der Waals surface area contributed by atoms with Crippen molar-refractivity contribution in [1.82, 2.24) is 9.13 Å². The third-order valence-corrected chi connectivity index (χ3v) is 18.7. The number of nitrogens with zero attached hydrogens (tertiary/aromatic N) is 2. The molecule has 4 aliphatic carbocycles. The summed E-state index contributed by atoms with van der Waals surface area (Å²) in [5.41, 5.74) is 15.1. The Hall–Kier alpha value is -3.11. The Bertz CT molecular complexity index is 2080. The maximum absolute atomic E-state index is 2.90. The molecular weight excluding hydrogens is 782 g/mol. The number of hydrogen-bond donors (Lipinski definition) is 0. The van der Waals surface area contributed by atoms with E-state index in [-0.39, 0.29) is 31.4 Å². The first kappa shape index (κ1) is 31.2. The standard InChI is InChI=1S/2C21H18N.2ClH.Hf/c2*1-2-8-16-15(7-1)13-14-21(16)22-19-11-5-3-9-17(19)18-10-4-6-12-20(18)22;;;/h2*1-3,5,7-9,11,13-14H,4,6,10,12H2;2*1H;. The van der Waals surface area contributed by atoms with Gasteiger partial charge in [-0.2, -0.15) is 0 Å². The molecule has 234 valence electrons. The molecule has 2 nitrogen and oxygen atoms in total. The van der Waals surface area contributed by atoms with E-state index in [9.17, 15) is 0 Å². The van der Waals surface area contributed by atoms with Gasteiger partial charge in [-0.15, -0.1) is 24.8 Å². The maximum Gasteiger partial charge on any atom is -0.147 e. The predicted molar refractivity (Wildman–Crippen MR) is 197 cm³/mol. The SMILES string of the molecule is C1=C[C]([Hf][C]2(n3c4c(c5ccccc53)CCCC4)C=Cc3ccccc32)(n2c3c(c4ccccc42)CCCC3)c2ccccc21.Cl.Cl. The Labute approximate surface area is 300 Å². The Morgan fingerprint density at radius 1 is 0.468 bits per heavy atom. The van der Waals surface area contributed by atoms with E-state index in [2.05, 4.69) is 131 Å². The van der Waals surface area contributed by atoms with Gasteiger partial charge in [0, 0.05) is 0 Å². The molecule has 47 heavy (non-hydrogen) atoms. The van der Waals surface area contributed by atoms with E-state index in [4.69, 9.17) is 0 Å². The fraction of sp³-hybridized carbons (Fsp3) is 0.238. The summed E-state index contributed by atoms with van der Waals surface area (Å²) in [6.07, 6.45) is 20.1. The third-order valence-electron chi connectivity index (χ3n) is 11.2. The first-order valence-corrected chi connectivity index (χ1v) is 20.5. The van der Waals surface area contributed by atoms with E-state index in [1.807, 2.05) is 0 Å². The predicted octanol–water partition coefficient (Wildman–Crippen LogP) is 10.4. The second-order valence-corrected chi connectivity index (χ2v) is 19.8. The monoisotopic (exact) mass is 820 g/mol. The van der Waals surface area contributed by atoms with Gasteiger partial charge in [0.1, 0.15) is 0 Å². The van der Waals surface area contributed by atoms with Crippen molar-refractivity contribution in [3.8, 4) is 0 Å². The first-order valence-electron chi connectivity index (χ1n) is 16.9. The Morgan fingerprint density at radius 2 is 0.872 bits per heavy atom. The second kappa shape index (κ2) is 11.8. The summed E-state index contributed by atoms with van der Waals surface area (Å²) in [6.45, 7) is 0. The van der Waals surface area contributed by atoms with Crippen LogP contribution in [0.5, 0.6) is 0 Å². The number of para-hydroxylation sites is 2. The molecule has 4 aromatic carbocycles. The number of rotatable bonds is 4. The average molecular weight is 820 g/mol. The fourth-order valence-electron chi connectivity index (χ4n) is 9.39. The topological polar surface area (TPSA) is 9.86 Å². The summed E-state index contributed by atoms with van der Waals surface area (Å²) in [7, 11) is 0. The molecule has 2 unspecified atom stereocenters. The van der Waals surface area contributed by atoms with Crippen molar-refractivity contribution in [2.45, 2.75) is 58.0 Å². The van der Waals surface area contributed by atoms with Crippen LogP contribution in [0.1, 0.15) is 70.5 Å². The number of aryl methyl sites for hydroxylation is 2. The van der Waals surface area contributed by atoms with Gasteiger partial charge >= 0.3 is 278 Å². The molecule has 10 rings (SSSR count). The van der Waals surface area contributed by atoms with E-state index >= 15 is 0 Å². The quantitative estimate of drug-likeness (QED) is 0.157. The van der Waals surface area contributed by atoms with Crippen LogP contribution < -0.4 is 0 Å². The van der Waals surface area contributed by atoms with Crippen molar-refractivity contribution in [2.24, 2.45) is 0 Å². The van der Waals surface area contributed by atoms with Gasteiger partial charge in [-0.3, -0.25) is 0 Å². The van der Waals surface area contributed by atoms with Gasteiger partial charge in [-0.25, -0.2) is 0 Å². The molecule has 6 aromatic rings. The van der Waals surface area contributed by atoms with Crippen molar-refractivity contribution in [3.63, 3.8) is 0 Å². The largest absolute Gasteiger partial charge is 0.147 e.